The molecule has 2 heteroatoms. The van der Waals surface area contributed by atoms with Crippen molar-refractivity contribution >= 4 is 0 Å². The molecule has 0 aliphatic heterocycles. The summed E-state index contributed by atoms with van der Waals surface area (Å²) in [6.07, 6.45) is 0. The maximum atomic E-state index is 3.27. The van der Waals surface area contributed by atoms with E-state index in [1.807, 2.05) is 30.3 Å². The smallest absolute Gasteiger partial charge is 0.0580 e. The van der Waals surface area contributed by atoms with E-state index in [1.165, 1.54) is 0 Å². The summed E-state index contributed by atoms with van der Waals surface area (Å²) in [6.45, 7) is 2.78. The van der Waals surface area contributed by atoms with E-state index in [9.17, 15) is 0 Å². The highest BCUT2D eigenvalue weighted by molar-refractivity contribution is 5.33. The maximum absolute atomic E-state index is 3.27. The van der Waals surface area contributed by atoms with Crippen molar-refractivity contribution in [1.82, 2.24) is 10.2 Å². The lowest BCUT2D eigenvalue weighted by atomic mass is 10.2. The Morgan fingerprint density at radius 1 is 1.20 bits per heavy atom. The van der Waals surface area contributed by atoms with Crippen LogP contribution in [0, 0.1) is 11.8 Å². The van der Waals surface area contributed by atoms with Gasteiger partial charge in [-0.3, -0.25) is 0 Å². The quantitative estimate of drug-likeness (QED) is 0.583. The summed E-state index contributed by atoms with van der Waals surface area (Å²) in [5.41, 5.74) is 1.08. The Balaban J connectivity index is 2.18. The van der Waals surface area contributed by atoms with Crippen LogP contribution in [0.3, 0.4) is 0 Å². The summed E-state index contributed by atoms with van der Waals surface area (Å²) < 4.78 is 0. The van der Waals surface area contributed by atoms with Gasteiger partial charge in [-0.15, -0.1) is 0 Å². The molecule has 0 atom stereocenters. The van der Waals surface area contributed by atoms with Crippen molar-refractivity contribution in [2.45, 2.75) is 0 Å². The molecule has 0 aromatic heterocycles. The minimum absolute atomic E-state index is 0.753. The van der Waals surface area contributed by atoms with E-state index >= 15 is 0 Å². The zero-order valence-corrected chi connectivity index (χ0v) is 9.46. The number of benzene rings is 1. The lowest BCUT2D eigenvalue weighted by Crippen LogP contribution is -2.26. The number of hydrogen-bond donors (Lipinski definition) is 1. The van der Waals surface area contributed by atoms with E-state index < -0.39 is 0 Å². The van der Waals surface area contributed by atoms with Crippen molar-refractivity contribution in [1.29, 1.82) is 0 Å². The second-order valence-corrected chi connectivity index (χ2v) is 3.65. The van der Waals surface area contributed by atoms with Gasteiger partial charge in [-0.05, 0) is 26.2 Å². The molecule has 1 aromatic rings. The highest BCUT2D eigenvalue weighted by Crippen LogP contribution is 1.93. The molecule has 0 amide bonds. The summed E-state index contributed by atoms with van der Waals surface area (Å²) in [4.78, 5) is 2.15. The van der Waals surface area contributed by atoms with Crippen molar-refractivity contribution in [3.63, 3.8) is 0 Å². The normalized spacial score (nSPS) is 9.80. The van der Waals surface area contributed by atoms with Crippen molar-refractivity contribution in [2.24, 2.45) is 0 Å². The van der Waals surface area contributed by atoms with Crippen LogP contribution in [0.5, 0.6) is 0 Å². The molecule has 0 saturated heterocycles. The molecule has 0 unspecified atom stereocenters. The fourth-order valence-corrected chi connectivity index (χ4v) is 1.12. The van der Waals surface area contributed by atoms with E-state index in [4.69, 9.17) is 0 Å². The van der Waals surface area contributed by atoms with Crippen LogP contribution in [0.4, 0.5) is 0 Å². The highest BCUT2D eigenvalue weighted by atomic mass is 15.1. The molecule has 15 heavy (non-hydrogen) atoms. The van der Waals surface area contributed by atoms with Gasteiger partial charge in [0, 0.05) is 18.7 Å². The SMILES string of the molecule is CN(C)CCNCC#Cc1ccccc1. The Hall–Kier alpha value is -1.30. The molecule has 0 radical (unpaired) electrons. The van der Waals surface area contributed by atoms with E-state index in [0.29, 0.717) is 0 Å². The van der Waals surface area contributed by atoms with Crippen LogP contribution in [0.2, 0.25) is 0 Å². The van der Waals surface area contributed by atoms with Gasteiger partial charge in [0.15, 0.2) is 0 Å². The molecule has 0 fully saturated rings. The average molecular weight is 202 g/mol. The number of nitrogens with one attached hydrogen (secondary N) is 1. The molecule has 1 N–H and O–H groups in total. The summed E-state index contributed by atoms with van der Waals surface area (Å²) in [5.74, 6) is 6.20. The van der Waals surface area contributed by atoms with Gasteiger partial charge >= 0.3 is 0 Å². The van der Waals surface area contributed by atoms with Crippen LogP contribution < -0.4 is 5.32 Å². The predicted octanol–water partition coefficient (Wildman–Crippen LogP) is 1.19. The first-order valence-electron chi connectivity index (χ1n) is 5.18. The summed E-state index contributed by atoms with van der Waals surface area (Å²) in [7, 11) is 4.13. The lowest BCUT2D eigenvalue weighted by molar-refractivity contribution is 0.405. The lowest BCUT2D eigenvalue weighted by Gasteiger charge is -2.08. The zero-order chi connectivity index (χ0) is 10.9. The fraction of sp³-hybridized carbons (Fsp3) is 0.385. The van der Waals surface area contributed by atoms with Gasteiger partial charge in [0.05, 0.1) is 6.54 Å². The van der Waals surface area contributed by atoms with E-state index in [0.717, 1.165) is 25.2 Å². The van der Waals surface area contributed by atoms with E-state index in [2.05, 4.69) is 36.2 Å². The zero-order valence-electron chi connectivity index (χ0n) is 9.46. The van der Waals surface area contributed by atoms with Gasteiger partial charge in [-0.1, -0.05) is 30.0 Å². The molecule has 0 bridgehead atoms. The molecule has 0 heterocycles. The average Bonchev–Trinajstić information content (AvgIpc) is 2.24. The molecule has 1 aromatic carbocycles. The first kappa shape index (κ1) is 11.8. The first-order valence-corrected chi connectivity index (χ1v) is 5.18. The van der Waals surface area contributed by atoms with Crippen molar-refractivity contribution in [3.05, 3.63) is 35.9 Å². The number of likely N-dealkylation sites (N-methyl/N-ethyl adjacent to an activating group) is 1. The molecule has 80 valence electrons. The second kappa shape index (κ2) is 7.05. The number of rotatable bonds is 4. The van der Waals surface area contributed by atoms with E-state index in [1.54, 1.807) is 0 Å². The van der Waals surface area contributed by atoms with Crippen molar-refractivity contribution < 1.29 is 0 Å². The second-order valence-electron chi connectivity index (χ2n) is 3.65. The first-order chi connectivity index (χ1) is 7.29. The van der Waals surface area contributed by atoms with Gasteiger partial charge in [0.25, 0.3) is 0 Å². The molecular weight excluding hydrogens is 184 g/mol. The Bertz CT molecular complexity index is 319. The standard InChI is InChI=1S/C13H18N2/c1-15(2)12-11-14-10-6-9-13-7-4-3-5-8-13/h3-5,7-8,14H,10-12H2,1-2H3. The minimum atomic E-state index is 0.753. The monoisotopic (exact) mass is 202 g/mol. The van der Waals surface area contributed by atoms with Crippen LogP contribution in [-0.2, 0) is 0 Å². The summed E-state index contributed by atoms with van der Waals surface area (Å²) in [5, 5.41) is 3.27. The third-order valence-electron chi connectivity index (χ3n) is 1.96. The topological polar surface area (TPSA) is 15.3 Å². The van der Waals surface area contributed by atoms with Gasteiger partial charge in [-0.25, -0.2) is 0 Å². The van der Waals surface area contributed by atoms with Crippen LogP contribution in [0.1, 0.15) is 5.56 Å². The van der Waals surface area contributed by atoms with E-state index in [-0.39, 0.29) is 0 Å². The van der Waals surface area contributed by atoms with Gasteiger partial charge in [0.1, 0.15) is 0 Å². The maximum Gasteiger partial charge on any atom is 0.0580 e. The summed E-state index contributed by atoms with van der Waals surface area (Å²) in [6, 6.07) is 10.0. The van der Waals surface area contributed by atoms with Crippen LogP contribution >= 0.6 is 0 Å². The van der Waals surface area contributed by atoms with Crippen LogP contribution in [0.15, 0.2) is 30.3 Å². The van der Waals surface area contributed by atoms with Gasteiger partial charge in [-0.2, -0.15) is 0 Å². The van der Waals surface area contributed by atoms with Gasteiger partial charge < -0.3 is 10.2 Å². The van der Waals surface area contributed by atoms with Crippen molar-refractivity contribution in [2.75, 3.05) is 33.7 Å². The highest BCUT2D eigenvalue weighted by Gasteiger charge is 1.87. The molecule has 1 rings (SSSR count). The van der Waals surface area contributed by atoms with Crippen molar-refractivity contribution in [3.8, 4) is 11.8 Å². The largest absolute Gasteiger partial charge is 0.308 e. The van der Waals surface area contributed by atoms with Gasteiger partial charge in [0.2, 0.25) is 0 Å². The molecule has 0 saturated carbocycles. The summed E-state index contributed by atoms with van der Waals surface area (Å²) >= 11 is 0. The third-order valence-corrected chi connectivity index (χ3v) is 1.96. The van der Waals surface area contributed by atoms with Crippen LogP contribution in [-0.4, -0.2) is 38.6 Å². The number of nitrogens with zero attached hydrogens (tertiary/aromatic N) is 1. The Kier molecular flexibility index (Phi) is 5.54. The molecular formula is C13H18N2. The third kappa shape index (κ3) is 5.90. The minimum Gasteiger partial charge on any atom is -0.308 e. The Morgan fingerprint density at radius 3 is 2.60 bits per heavy atom. The predicted molar refractivity (Wildman–Crippen MR) is 64.7 cm³/mol. The Labute approximate surface area is 92.3 Å². The Morgan fingerprint density at radius 2 is 1.93 bits per heavy atom. The van der Waals surface area contributed by atoms with Crippen LogP contribution in [0.25, 0.3) is 0 Å². The molecule has 0 aliphatic carbocycles. The number of hydrogen-bond acceptors (Lipinski definition) is 2. The fourth-order valence-electron chi connectivity index (χ4n) is 1.12. The molecule has 2 nitrogen and oxygen atoms in total. The molecule has 0 spiro atoms. The molecule has 0 aliphatic rings.